The van der Waals surface area contributed by atoms with Gasteiger partial charge in [0, 0.05) is 0 Å². The molecule has 0 spiro atoms. The molecule has 0 bridgehead atoms. The smallest absolute Gasteiger partial charge is 0.216 e. The predicted octanol–water partition coefficient (Wildman–Crippen LogP) is 3.73. The lowest BCUT2D eigenvalue weighted by Gasteiger charge is -2.23. The van der Waals surface area contributed by atoms with E-state index < -0.39 is 3.79 Å². The number of rotatable bonds is 5. The van der Waals surface area contributed by atoms with E-state index in [1.165, 1.54) is 0 Å². The number of hydrogen-bond acceptors (Lipinski definition) is 1. The van der Waals surface area contributed by atoms with Gasteiger partial charge in [-0.1, -0.05) is 54.2 Å². The summed E-state index contributed by atoms with van der Waals surface area (Å²) in [4.78, 5) is 0. The van der Waals surface area contributed by atoms with Crippen molar-refractivity contribution >= 4 is 34.8 Å². The van der Waals surface area contributed by atoms with Crippen LogP contribution in [0.5, 0.6) is 0 Å². The normalized spacial score (nSPS) is 14.3. The molecule has 0 aromatic rings. The molecule has 0 saturated carbocycles. The van der Waals surface area contributed by atoms with Gasteiger partial charge in [-0.05, 0) is 6.42 Å². The van der Waals surface area contributed by atoms with Crippen molar-refractivity contribution in [1.29, 1.82) is 0 Å². The number of ether oxygens (including phenoxy) is 1. The second kappa shape index (κ2) is 6.09. The van der Waals surface area contributed by atoms with Gasteiger partial charge in [0.1, 0.15) is 6.10 Å². The fourth-order valence-corrected chi connectivity index (χ4v) is 1.30. The highest BCUT2D eigenvalue weighted by molar-refractivity contribution is 6.68. The molecule has 1 atom stereocenters. The van der Waals surface area contributed by atoms with Crippen LogP contribution in [0.1, 0.15) is 19.8 Å². The molecule has 0 aliphatic rings. The maximum absolute atomic E-state index is 5.69. The van der Waals surface area contributed by atoms with Crippen LogP contribution in [0, 0.1) is 0 Å². The quantitative estimate of drug-likeness (QED) is 0.517. The van der Waals surface area contributed by atoms with Gasteiger partial charge in [-0.15, -0.1) is 6.58 Å². The van der Waals surface area contributed by atoms with Crippen LogP contribution in [-0.2, 0) is 4.74 Å². The topological polar surface area (TPSA) is 9.23 Å². The average molecular weight is 232 g/mol. The molecular weight excluding hydrogens is 218 g/mol. The van der Waals surface area contributed by atoms with E-state index in [1.807, 2.05) is 6.92 Å². The first-order chi connectivity index (χ1) is 5.52. The number of hydrogen-bond donors (Lipinski definition) is 0. The summed E-state index contributed by atoms with van der Waals surface area (Å²) in [6.45, 7) is 5.95. The Kier molecular flexibility index (Phi) is 6.38. The minimum absolute atomic E-state index is 0.342. The highest BCUT2D eigenvalue weighted by atomic mass is 35.6. The minimum atomic E-state index is -1.33. The largest absolute Gasteiger partial charge is 0.370 e. The lowest BCUT2D eigenvalue weighted by Crippen LogP contribution is -2.28. The first-order valence-electron chi connectivity index (χ1n) is 3.81. The molecule has 12 heavy (non-hydrogen) atoms. The first-order valence-corrected chi connectivity index (χ1v) is 4.95. The van der Waals surface area contributed by atoms with Crippen molar-refractivity contribution in [2.45, 2.75) is 29.7 Å². The third-order valence-corrected chi connectivity index (χ3v) is 2.06. The van der Waals surface area contributed by atoms with Crippen LogP contribution in [0.2, 0.25) is 0 Å². The van der Waals surface area contributed by atoms with Crippen molar-refractivity contribution in [3.05, 3.63) is 12.7 Å². The zero-order chi connectivity index (χ0) is 9.61. The van der Waals surface area contributed by atoms with E-state index in [-0.39, 0.29) is 6.10 Å². The van der Waals surface area contributed by atoms with Crippen LogP contribution in [-0.4, -0.2) is 16.5 Å². The van der Waals surface area contributed by atoms with Crippen LogP contribution in [0.25, 0.3) is 0 Å². The van der Waals surface area contributed by atoms with Gasteiger partial charge >= 0.3 is 0 Å². The molecule has 0 rings (SSSR count). The van der Waals surface area contributed by atoms with Crippen molar-refractivity contribution in [2.75, 3.05) is 6.61 Å². The zero-order valence-electron chi connectivity index (χ0n) is 7.03. The highest BCUT2D eigenvalue weighted by Crippen LogP contribution is 2.34. The molecule has 0 radical (unpaired) electrons. The molecule has 1 unspecified atom stereocenters. The van der Waals surface area contributed by atoms with E-state index >= 15 is 0 Å². The molecule has 0 fully saturated rings. The molecule has 0 heterocycles. The molecule has 0 aliphatic carbocycles. The zero-order valence-corrected chi connectivity index (χ0v) is 9.29. The van der Waals surface area contributed by atoms with Gasteiger partial charge in [0.25, 0.3) is 0 Å². The van der Waals surface area contributed by atoms with Crippen molar-refractivity contribution in [3.63, 3.8) is 0 Å². The third kappa shape index (κ3) is 5.26. The molecule has 1 nitrogen and oxygen atoms in total. The SMILES string of the molecule is C=CCOC(CCC)C(Cl)(Cl)Cl. The van der Waals surface area contributed by atoms with E-state index in [0.717, 1.165) is 12.8 Å². The summed E-state index contributed by atoms with van der Waals surface area (Å²) in [7, 11) is 0. The van der Waals surface area contributed by atoms with Gasteiger partial charge in [0.2, 0.25) is 3.79 Å². The minimum Gasteiger partial charge on any atom is -0.370 e. The summed E-state index contributed by atoms with van der Waals surface area (Å²) in [5.74, 6) is 0. The summed E-state index contributed by atoms with van der Waals surface area (Å²) in [6, 6.07) is 0. The molecule has 0 saturated heterocycles. The van der Waals surface area contributed by atoms with Gasteiger partial charge in [-0.3, -0.25) is 0 Å². The standard InChI is InChI=1S/C8H13Cl3O/c1-3-5-7(8(9,10)11)12-6-4-2/h4,7H,2-3,5-6H2,1H3. The van der Waals surface area contributed by atoms with Crippen molar-refractivity contribution in [2.24, 2.45) is 0 Å². The fraction of sp³-hybridized carbons (Fsp3) is 0.750. The Morgan fingerprint density at radius 2 is 2.08 bits per heavy atom. The Morgan fingerprint density at radius 1 is 1.50 bits per heavy atom. The van der Waals surface area contributed by atoms with E-state index in [2.05, 4.69) is 6.58 Å². The Balaban J connectivity index is 3.94. The fourth-order valence-electron chi connectivity index (χ4n) is 0.788. The maximum atomic E-state index is 5.69. The second-order valence-electron chi connectivity index (χ2n) is 2.44. The summed E-state index contributed by atoms with van der Waals surface area (Å²) in [5.41, 5.74) is 0. The van der Waals surface area contributed by atoms with Crippen molar-refractivity contribution in [3.8, 4) is 0 Å². The van der Waals surface area contributed by atoms with Gasteiger partial charge in [-0.2, -0.15) is 0 Å². The Morgan fingerprint density at radius 3 is 2.42 bits per heavy atom. The molecule has 0 amide bonds. The van der Waals surface area contributed by atoms with Crippen LogP contribution >= 0.6 is 34.8 Å². The van der Waals surface area contributed by atoms with Crippen molar-refractivity contribution < 1.29 is 4.74 Å². The van der Waals surface area contributed by atoms with E-state index in [0.29, 0.717) is 6.61 Å². The molecular formula is C8H13Cl3O. The van der Waals surface area contributed by atoms with E-state index in [9.17, 15) is 0 Å². The second-order valence-corrected chi connectivity index (χ2v) is 4.81. The summed E-state index contributed by atoms with van der Waals surface area (Å²) >= 11 is 17.1. The van der Waals surface area contributed by atoms with Gasteiger partial charge in [0.05, 0.1) is 6.61 Å². The third-order valence-electron chi connectivity index (χ3n) is 1.33. The van der Waals surface area contributed by atoms with Crippen LogP contribution in [0.4, 0.5) is 0 Å². The Hall–Kier alpha value is 0.570. The van der Waals surface area contributed by atoms with Gasteiger partial charge < -0.3 is 4.74 Å². The number of alkyl halides is 3. The number of halogens is 3. The maximum Gasteiger partial charge on any atom is 0.216 e. The molecule has 0 aromatic heterocycles. The van der Waals surface area contributed by atoms with Crippen LogP contribution in [0.3, 0.4) is 0 Å². The molecule has 72 valence electrons. The molecule has 0 N–H and O–H groups in total. The van der Waals surface area contributed by atoms with Crippen LogP contribution in [0.15, 0.2) is 12.7 Å². The summed E-state index contributed by atoms with van der Waals surface area (Å²) in [5, 5.41) is 0. The van der Waals surface area contributed by atoms with E-state index in [4.69, 9.17) is 39.5 Å². The first kappa shape index (κ1) is 12.6. The van der Waals surface area contributed by atoms with Crippen LogP contribution < -0.4 is 0 Å². The Bertz CT molecular complexity index is 131. The molecule has 0 aliphatic heterocycles. The summed E-state index contributed by atoms with van der Waals surface area (Å²) < 4.78 is 3.95. The lowest BCUT2D eigenvalue weighted by atomic mass is 10.2. The van der Waals surface area contributed by atoms with Crippen molar-refractivity contribution in [1.82, 2.24) is 0 Å². The predicted molar refractivity (Wildman–Crippen MR) is 55.1 cm³/mol. The average Bonchev–Trinajstić information content (AvgIpc) is 1.95. The highest BCUT2D eigenvalue weighted by Gasteiger charge is 2.32. The van der Waals surface area contributed by atoms with Gasteiger partial charge in [-0.25, -0.2) is 0 Å². The molecule has 0 aromatic carbocycles. The Labute approximate surface area is 88.6 Å². The summed E-state index contributed by atoms with van der Waals surface area (Å²) in [6.07, 6.45) is 2.96. The lowest BCUT2D eigenvalue weighted by molar-refractivity contribution is 0.0702. The monoisotopic (exact) mass is 230 g/mol. The van der Waals surface area contributed by atoms with Gasteiger partial charge in [0.15, 0.2) is 0 Å². The van der Waals surface area contributed by atoms with E-state index in [1.54, 1.807) is 6.08 Å². The molecule has 4 heteroatoms.